The van der Waals surface area contributed by atoms with Crippen LogP contribution in [0.1, 0.15) is 9.67 Å². The first-order chi connectivity index (χ1) is 9.63. The van der Waals surface area contributed by atoms with Gasteiger partial charge in [-0.05, 0) is 6.26 Å². The third-order valence-electron chi connectivity index (χ3n) is 2.81. The molecule has 106 valence electrons. The maximum Gasteiger partial charge on any atom is 0.348 e. The molecule has 0 fully saturated rings. The number of hydrogen-bond donors (Lipinski definition) is 1. The number of carboxylic acid groups (broad SMARTS) is 1. The fourth-order valence-electron chi connectivity index (χ4n) is 1.73. The Kier molecular flexibility index (Phi) is 5.03. The maximum absolute atomic E-state index is 11.4. The second kappa shape index (κ2) is 6.76. The van der Waals surface area contributed by atoms with E-state index in [1.54, 1.807) is 11.8 Å². The molecule has 0 saturated carbocycles. The van der Waals surface area contributed by atoms with Crippen molar-refractivity contribution in [1.82, 2.24) is 4.98 Å². The molecular weight excluding hydrogens is 292 g/mol. The van der Waals surface area contributed by atoms with Gasteiger partial charge in [-0.15, -0.1) is 0 Å². The summed E-state index contributed by atoms with van der Waals surface area (Å²) in [4.78, 5) is 18.2. The monoisotopic (exact) mass is 308 g/mol. The molecule has 2 aromatic rings. The normalized spacial score (nSPS) is 10.5. The number of carbonyl (C=O) groups is 1. The van der Waals surface area contributed by atoms with Crippen molar-refractivity contribution in [2.45, 2.75) is 0 Å². The van der Waals surface area contributed by atoms with Gasteiger partial charge in [-0.1, -0.05) is 41.7 Å². The third kappa shape index (κ3) is 3.32. The average Bonchev–Trinajstić information content (AvgIpc) is 2.91. The minimum absolute atomic E-state index is 0.294. The molecular formula is C14H16N2O2S2. The molecule has 4 nitrogen and oxygen atoms in total. The molecule has 0 unspecified atom stereocenters. The van der Waals surface area contributed by atoms with E-state index >= 15 is 0 Å². The summed E-state index contributed by atoms with van der Waals surface area (Å²) in [6, 6.07) is 9.44. The lowest BCUT2D eigenvalue weighted by molar-refractivity contribution is 0.0702. The first kappa shape index (κ1) is 14.9. The van der Waals surface area contributed by atoms with E-state index in [0.717, 1.165) is 23.0 Å². The highest BCUT2D eigenvalue weighted by atomic mass is 32.2. The molecule has 0 spiro atoms. The molecule has 6 heteroatoms. The SMILES string of the molecule is CSCCN(C)c1nc(-c2ccccc2)c(C(=O)O)s1. The van der Waals surface area contributed by atoms with Gasteiger partial charge in [-0.3, -0.25) is 0 Å². The van der Waals surface area contributed by atoms with E-state index in [1.807, 2.05) is 48.5 Å². The molecule has 0 bridgehead atoms. The molecule has 1 heterocycles. The number of benzene rings is 1. The van der Waals surface area contributed by atoms with E-state index in [1.165, 1.54) is 11.3 Å². The van der Waals surface area contributed by atoms with Gasteiger partial charge in [0.05, 0.1) is 5.69 Å². The molecule has 1 N–H and O–H groups in total. The van der Waals surface area contributed by atoms with Gasteiger partial charge in [0.15, 0.2) is 5.13 Å². The fourth-order valence-corrected chi connectivity index (χ4v) is 3.10. The number of thioether (sulfide) groups is 1. The molecule has 1 aromatic carbocycles. The highest BCUT2D eigenvalue weighted by Gasteiger charge is 2.20. The third-order valence-corrected chi connectivity index (χ3v) is 4.56. The summed E-state index contributed by atoms with van der Waals surface area (Å²) in [7, 11) is 1.94. The van der Waals surface area contributed by atoms with Crippen LogP contribution in [0.15, 0.2) is 30.3 Å². The van der Waals surface area contributed by atoms with Crippen LogP contribution >= 0.6 is 23.1 Å². The first-order valence-electron chi connectivity index (χ1n) is 6.13. The largest absolute Gasteiger partial charge is 0.477 e. The van der Waals surface area contributed by atoms with Crippen molar-refractivity contribution in [2.75, 3.05) is 30.5 Å². The quantitative estimate of drug-likeness (QED) is 0.887. The number of aromatic carboxylic acids is 1. The van der Waals surface area contributed by atoms with Crippen molar-refractivity contribution in [1.29, 1.82) is 0 Å². The van der Waals surface area contributed by atoms with Gasteiger partial charge in [0.25, 0.3) is 0 Å². The lowest BCUT2D eigenvalue weighted by Crippen LogP contribution is -2.19. The fraction of sp³-hybridized carbons (Fsp3) is 0.286. The van der Waals surface area contributed by atoms with E-state index in [0.29, 0.717) is 10.6 Å². The molecule has 0 aliphatic rings. The molecule has 0 atom stereocenters. The van der Waals surface area contributed by atoms with Crippen LogP contribution in [0, 0.1) is 0 Å². The standard InChI is InChI=1S/C14H16N2O2S2/c1-16(8-9-19-2)14-15-11(12(20-14)13(17)18)10-6-4-3-5-7-10/h3-7H,8-9H2,1-2H3,(H,17,18). The molecule has 0 saturated heterocycles. The maximum atomic E-state index is 11.4. The Labute approximate surface area is 126 Å². The van der Waals surface area contributed by atoms with Crippen molar-refractivity contribution in [3.8, 4) is 11.3 Å². The van der Waals surface area contributed by atoms with Crippen molar-refractivity contribution in [3.05, 3.63) is 35.2 Å². The summed E-state index contributed by atoms with van der Waals surface area (Å²) < 4.78 is 0. The smallest absolute Gasteiger partial charge is 0.348 e. The molecule has 0 radical (unpaired) electrons. The summed E-state index contributed by atoms with van der Waals surface area (Å²) in [5.74, 6) is 0.0602. The Morgan fingerprint density at radius 2 is 2.10 bits per heavy atom. The molecule has 0 aliphatic carbocycles. The zero-order chi connectivity index (χ0) is 14.5. The predicted molar refractivity (Wildman–Crippen MR) is 86.2 cm³/mol. The predicted octanol–water partition coefficient (Wildman–Crippen LogP) is 3.31. The first-order valence-corrected chi connectivity index (χ1v) is 8.34. The van der Waals surface area contributed by atoms with Crippen LogP contribution in [-0.4, -0.2) is 41.7 Å². The van der Waals surface area contributed by atoms with Crippen LogP contribution in [0.3, 0.4) is 0 Å². The Hall–Kier alpha value is -1.53. The average molecular weight is 308 g/mol. The second-order valence-electron chi connectivity index (χ2n) is 4.26. The number of hydrogen-bond acceptors (Lipinski definition) is 5. The van der Waals surface area contributed by atoms with Gasteiger partial charge in [-0.2, -0.15) is 11.8 Å². The summed E-state index contributed by atoms with van der Waals surface area (Å²) in [6.07, 6.45) is 2.05. The summed E-state index contributed by atoms with van der Waals surface area (Å²) in [6.45, 7) is 0.849. The van der Waals surface area contributed by atoms with Crippen LogP contribution in [0.25, 0.3) is 11.3 Å². The van der Waals surface area contributed by atoms with E-state index in [9.17, 15) is 9.90 Å². The van der Waals surface area contributed by atoms with Crippen molar-refractivity contribution in [2.24, 2.45) is 0 Å². The summed E-state index contributed by atoms with van der Waals surface area (Å²) in [5, 5.41) is 10.1. The van der Waals surface area contributed by atoms with Gasteiger partial charge in [0.1, 0.15) is 4.88 Å². The van der Waals surface area contributed by atoms with Gasteiger partial charge in [0.2, 0.25) is 0 Å². The Balaban J connectivity index is 2.36. The molecule has 0 amide bonds. The summed E-state index contributed by atoms with van der Waals surface area (Å²) in [5.41, 5.74) is 1.39. The van der Waals surface area contributed by atoms with Crippen LogP contribution < -0.4 is 4.90 Å². The Bertz CT molecular complexity index is 584. The molecule has 2 rings (SSSR count). The van der Waals surface area contributed by atoms with Gasteiger partial charge in [-0.25, -0.2) is 9.78 Å². The van der Waals surface area contributed by atoms with E-state index in [2.05, 4.69) is 4.98 Å². The number of aromatic nitrogens is 1. The zero-order valence-electron chi connectivity index (χ0n) is 11.4. The van der Waals surface area contributed by atoms with Gasteiger partial charge >= 0.3 is 5.97 Å². The summed E-state index contributed by atoms with van der Waals surface area (Å²) >= 11 is 2.98. The van der Waals surface area contributed by atoms with Crippen LogP contribution in [-0.2, 0) is 0 Å². The van der Waals surface area contributed by atoms with E-state index in [-0.39, 0.29) is 0 Å². The molecule has 1 aromatic heterocycles. The number of thiazole rings is 1. The molecule has 0 aliphatic heterocycles. The van der Waals surface area contributed by atoms with Crippen LogP contribution in [0.5, 0.6) is 0 Å². The topological polar surface area (TPSA) is 53.4 Å². The minimum Gasteiger partial charge on any atom is -0.477 e. The number of nitrogens with zero attached hydrogens (tertiary/aromatic N) is 2. The lowest BCUT2D eigenvalue weighted by Gasteiger charge is -2.14. The van der Waals surface area contributed by atoms with E-state index < -0.39 is 5.97 Å². The number of carboxylic acids is 1. The highest BCUT2D eigenvalue weighted by Crippen LogP contribution is 2.32. The molecule has 20 heavy (non-hydrogen) atoms. The Morgan fingerprint density at radius 3 is 2.70 bits per heavy atom. The van der Waals surface area contributed by atoms with Crippen molar-refractivity contribution in [3.63, 3.8) is 0 Å². The van der Waals surface area contributed by atoms with Gasteiger partial charge in [0, 0.05) is 24.9 Å². The van der Waals surface area contributed by atoms with E-state index in [4.69, 9.17) is 0 Å². The number of anilines is 1. The second-order valence-corrected chi connectivity index (χ2v) is 6.22. The number of rotatable bonds is 6. The van der Waals surface area contributed by atoms with Crippen LogP contribution in [0.4, 0.5) is 5.13 Å². The lowest BCUT2D eigenvalue weighted by atomic mass is 10.1. The highest BCUT2D eigenvalue weighted by molar-refractivity contribution is 7.98. The minimum atomic E-state index is -0.925. The van der Waals surface area contributed by atoms with Crippen molar-refractivity contribution >= 4 is 34.2 Å². The van der Waals surface area contributed by atoms with Gasteiger partial charge < -0.3 is 10.0 Å². The van der Waals surface area contributed by atoms with Crippen LogP contribution in [0.2, 0.25) is 0 Å². The Morgan fingerprint density at radius 1 is 1.40 bits per heavy atom. The van der Waals surface area contributed by atoms with Crippen molar-refractivity contribution < 1.29 is 9.90 Å². The zero-order valence-corrected chi connectivity index (χ0v) is 13.0.